The van der Waals surface area contributed by atoms with Gasteiger partial charge in [0.1, 0.15) is 0 Å². The Morgan fingerprint density at radius 1 is 1.00 bits per heavy atom. The van der Waals surface area contributed by atoms with E-state index in [-0.39, 0.29) is 28.7 Å². The van der Waals surface area contributed by atoms with Gasteiger partial charge in [-0.15, -0.1) is 0 Å². The molecule has 1 saturated heterocycles. The number of benzene rings is 1. The molecule has 0 bridgehead atoms. The average Bonchev–Trinajstić information content (AvgIpc) is 3.15. The van der Waals surface area contributed by atoms with Crippen molar-refractivity contribution >= 4 is 11.8 Å². The van der Waals surface area contributed by atoms with Gasteiger partial charge in [-0.2, -0.15) is 0 Å². The van der Waals surface area contributed by atoms with Crippen LogP contribution in [-0.4, -0.2) is 28.8 Å². The van der Waals surface area contributed by atoms with Crippen molar-refractivity contribution in [2.24, 2.45) is 34.5 Å². The number of nitrogens with one attached hydrogen (secondary N) is 1. The van der Waals surface area contributed by atoms with Gasteiger partial charge in [0.25, 0.3) is 0 Å². The minimum absolute atomic E-state index is 0.114. The molecule has 5 rings (SSSR count). The quantitative estimate of drug-likeness (QED) is 0.653. The summed E-state index contributed by atoms with van der Waals surface area (Å²) in [6, 6.07) is 11.0. The van der Waals surface area contributed by atoms with Gasteiger partial charge in [-0.25, -0.2) is 0 Å². The van der Waals surface area contributed by atoms with E-state index in [1.807, 2.05) is 6.07 Å². The van der Waals surface area contributed by atoms with E-state index in [1.54, 1.807) is 0 Å². The predicted octanol–water partition coefficient (Wildman–Crippen LogP) is 5.56. The smallest absolute Gasteiger partial charge is 0.226 e. The molecule has 0 unspecified atom stereocenters. The lowest BCUT2D eigenvalue weighted by Gasteiger charge is -2.60. The summed E-state index contributed by atoms with van der Waals surface area (Å²) in [5.74, 6) is 2.81. The third kappa shape index (κ3) is 3.72. The van der Waals surface area contributed by atoms with E-state index in [2.05, 4.69) is 62.2 Å². The van der Waals surface area contributed by atoms with Gasteiger partial charge in [-0.1, -0.05) is 44.2 Å². The van der Waals surface area contributed by atoms with Gasteiger partial charge in [0.15, 0.2) is 0 Å². The summed E-state index contributed by atoms with van der Waals surface area (Å²) in [4.78, 5) is 28.2. The molecule has 0 radical (unpaired) electrons. The summed E-state index contributed by atoms with van der Waals surface area (Å²) in [5, 5.41) is 3.34. The molecule has 3 saturated carbocycles. The van der Waals surface area contributed by atoms with Gasteiger partial charge in [0, 0.05) is 31.0 Å². The zero-order valence-corrected chi connectivity index (χ0v) is 21.0. The molecule has 1 aromatic carbocycles. The van der Waals surface area contributed by atoms with Crippen LogP contribution in [0.3, 0.4) is 0 Å². The summed E-state index contributed by atoms with van der Waals surface area (Å²) in [7, 11) is 0. The zero-order chi connectivity index (χ0) is 23.4. The first-order valence-electron chi connectivity index (χ1n) is 13.4. The van der Waals surface area contributed by atoms with Gasteiger partial charge in [0.2, 0.25) is 11.8 Å². The Bertz CT molecular complexity index is 898. The molecule has 4 heteroatoms. The van der Waals surface area contributed by atoms with Crippen molar-refractivity contribution in [2.45, 2.75) is 97.7 Å². The van der Waals surface area contributed by atoms with E-state index >= 15 is 0 Å². The average molecular weight is 451 g/mol. The maximum atomic E-state index is 14.0. The fraction of sp³-hybridized carbons (Fsp3) is 0.724. The largest absolute Gasteiger partial charge is 0.353 e. The molecular weight excluding hydrogens is 408 g/mol. The van der Waals surface area contributed by atoms with Crippen LogP contribution in [0.4, 0.5) is 0 Å². The van der Waals surface area contributed by atoms with Crippen LogP contribution >= 0.6 is 0 Å². The van der Waals surface area contributed by atoms with Gasteiger partial charge in [-0.05, 0) is 92.9 Å². The number of rotatable bonds is 4. The predicted molar refractivity (Wildman–Crippen MR) is 131 cm³/mol. The normalized spacial score (nSPS) is 39.9. The molecule has 0 aromatic heterocycles. The fourth-order valence-corrected chi connectivity index (χ4v) is 8.60. The minimum Gasteiger partial charge on any atom is -0.353 e. The van der Waals surface area contributed by atoms with E-state index in [1.165, 1.54) is 24.8 Å². The molecule has 1 aliphatic heterocycles. The highest BCUT2D eigenvalue weighted by Gasteiger charge is 2.61. The summed E-state index contributed by atoms with van der Waals surface area (Å²) >= 11 is 0. The van der Waals surface area contributed by atoms with Crippen LogP contribution in [0.5, 0.6) is 0 Å². The topological polar surface area (TPSA) is 49.4 Å². The van der Waals surface area contributed by atoms with Gasteiger partial charge in [-0.3, -0.25) is 9.59 Å². The molecule has 3 aliphatic carbocycles. The number of amides is 2. The third-order valence-corrected chi connectivity index (χ3v) is 10.5. The second-order valence-electron chi connectivity index (χ2n) is 12.3. The van der Waals surface area contributed by atoms with Crippen molar-refractivity contribution in [3.05, 3.63) is 35.9 Å². The Balaban J connectivity index is 1.36. The first-order valence-corrected chi connectivity index (χ1v) is 13.4. The van der Waals surface area contributed by atoms with E-state index < -0.39 is 0 Å². The molecule has 1 heterocycles. The zero-order valence-electron chi connectivity index (χ0n) is 21.0. The Labute approximate surface area is 199 Å². The highest BCUT2D eigenvalue weighted by atomic mass is 16.2. The summed E-state index contributed by atoms with van der Waals surface area (Å²) < 4.78 is 0. The highest BCUT2D eigenvalue weighted by Crippen LogP contribution is 2.65. The number of hydrogen-bond donors (Lipinski definition) is 1. The maximum absolute atomic E-state index is 14.0. The maximum Gasteiger partial charge on any atom is 0.226 e. The molecular formula is C29H42N2O2. The molecule has 180 valence electrons. The molecule has 1 aromatic rings. The van der Waals surface area contributed by atoms with Crippen molar-refractivity contribution in [2.75, 3.05) is 0 Å². The molecule has 4 aliphatic rings. The van der Waals surface area contributed by atoms with Crippen LogP contribution in [-0.2, 0) is 16.1 Å². The second kappa shape index (κ2) is 8.43. The molecule has 1 N–H and O–H groups in total. The lowest BCUT2D eigenvalue weighted by Crippen LogP contribution is -2.61. The summed E-state index contributed by atoms with van der Waals surface area (Å²) in [6.45, 7) is 9.92. The fourth-order valence-electron chi connectivity index (χ4n) is 8.60. The minimum atomic E-state index is 0.114. The summed E-state index contributed by atoms with van der Waals surface area (Å²) in [5.41, 5.74) is 1.56. The molecule has 4 fully saturated rings. The van der Waals surface area contributed by atoms with E-state index in [4.69, 9.17) is 0 Å². The monoisotopic (exact) mass is 450 g/mol. The number of nitrogens with zero attached hydrogens (tertiary/aromatic N) is 1. The van der Waals surface area contributed by atoms with E-state index in [0.717, 1.165) is 25.7 Å². The van der Waals surface area contributed by atoms with Crippen LogP contribution < -0.4 is 5.32 Å². The van der Waals surface area contributed by atoms with Gasteiger partial charge in [0.05, 0.1) is 0 Å². The first kappa shape index (κ1) is 22.9. The number of fused-ring (bicyclic) bond motifs is 5. The highest BCUT2D eigenvalue weighted by molar-refractivity contribution is 5.80. The van der Waals surface area contributed by atoms with Crippen molar-refractivity contribution in [1.82, 2.24) is 10.2 Å². The summed E-state index contributed by atoms with van der Waals surface area (Å²) in [6.07, 6.45) is 8.64. The molecule has 0 spiro atoms. The van der Waals surface area contributed by atoms with Gasteiger partial charge < -0.3 is 10.2 Å². The number of piperidine rings is 1. The van der Waals surface area contributed by atoms with Crippen LogP contribution in [0.2, 0.25) is 0 Å². The Morgan fingerprint density at radius 2 is 1.73 bits per heavy atom. The van der Waals surface area contributed by atoms with E-state index in [0.29, 0.717) is 42.7 Å². The molecule has 2 amide bonds. The Hall–Kier alpha value is -1.84. The standard InChI is InChI=1S/C29H42N2O2/c1-19(2)31(18-20-8-6-5-7-9-20)27(33)24-12-11-22-21-10-13-25-29(4,17-15-26(32)30-25)23(21)14-16-28(22,24)3/h5-9,19,21-25H,10-18H2,1-4H3,(H,30,32)/t21-,22-,23-,24+,25+,28-,29+/m0/s1. The van der Waals surface area contributed by atoms with Crippen LogP contribution in [0.25, 0.3) is 0 Å². The molecule has 33 heavy (non-hydrogen) atoms. The third-order valence-electron chi connectivity index (χ3n) is 10.5. The van der Waals surface area contributed by atoms with Crippen molar-refractivity contribution < 1.29 is 9.59 Å². The van der Waals surface area contributed by atoms with Gasteiger partial charge >= 0.3 is 0 Å². The molecule has 4 nitrogen and oxygen atoms in total. The first-order chi connectivity index (χ1) is 15.7. The SMILES string of the molecule is CC(C)N(Cc1ccccc1)C(=O)[C@H]1CC[C@H]2[C@@H]3CC[C@H]4NC(=O)CC[C@]4(C)[C@H]3CC[C@]12C. The van der Waals surface area contributed by atoms with Crippen molar-refractivity contribution in [3.63, 3.8) is 0 Å². The van der Waals surface area contributed by atoms with Crippen molar-refractivity contribution in [3.8, 4) is 0 Å². The lowest BCUT2D eigenvalue weighted by molar-refractivity contribution is -0.149. The molecule has 7 atom stereocenters. The number of carbonyl (C=O) groups excluding carboxylic acids is 2. The Morgan fingerprint density at radius 3 is 2.45 bits per heavy atom. The van der Waals surface area contributed by atoms with E-state index in [9.17, 15) is 9.59 Å². The number of hydrogen-bond acceptors (Lipinski definition) is 2. The lowest BCUT2D eigenvalue weighted by atomic mass is 9.47. The van der Waals surface area contributed by atoms with Crippen LogP contribution in [0, 0.1) is 34.5 Å². The second-order valence-corrected chi connectivity index (χ2v) is 12.3. The van der Waals surface area contributed by atoms with Crippen LogP contribution in [0.15, 0.2) is 30.3 Å². The van der Waals surface area contributed by atoms with Crippen LogP contribution in [0.1, 0.15) is 84.6 Å². The number of carbonyl (C=O) groups is 2. The van der Waals surface area contributed by atoms with Crippen molar-refractivity contribution in [1.29, 1.82) is 0 Å². The Kier molecular flexibility index (Phi) is 5.86.